The van der Waals surface area contributed by atoms with Crippen LogP contribution in [0.5, 0.6) is 0 Å². The number of rotatable bonds is 2. The first kappa shape index (κ1) is 18.4. The molecule has 1 aromatic heterocycles. The van der Waals surface area contributed by atoms with Gasteiger partial charge in [-0.05, 0) is 25.0 Å². The summed E-state index contributed by atoms with van der Waals surface area (Å²) in [6.07, 6.45) is 5.09. The Kier molecular flexibility index (Phi) is 4.46. The number of aromatic nitrogens is 1. The number of fused-ring (bicyclic) bond motifs is 2. The number of nitrogens with zero attached hydrogens (tertiary/aromatic N) is 3. The molecule has 7 heteroatoms. The van der Waals surface area contributed by atoms with E-state index >= 15 is 0 Å². The number of pyridine rings is 1. The zero-order valence-corrected chi connectivity index (χ0v) is 16.8. The van der Waals surface area contributed by atoms with Crippen molar-refractivity contribution in [1.29, 1.82) is 0 Å². The first-order chi connectivity index (χ1) is 14.1. The zero-order chi connectivity index (χ0) is 20.0. The van der Waals surface area contributed by atoms with E-state index in [0.29, 0.717) is 47.9 Å². The third kappa shape index (κ3) is 3.06. The number of likely N-dealkylation sites (tertiary alicyclic amines) is 1. The van der Waals surface area contributed by atoms with Gasteiger partial charge in [-0.3, -0.25) is 4.79 Å². The van der Waals surface area contributed by atoms with E-state index in [-0.39, 0.29) is 11.9 Å². The van der Waals surface area contributed by atoms with Crippen molar-refractivity contribution in [2.75, 3.05) is 31.1 Å². The smallest absolute Gasteiger partial charge is 0.339 e. The first-order valence-corrected chi connectivity index (χ1v) is 10.5. The summed E-state index contributed by atoms with van der Waals surface area (Å²) >= 11 is 6.51. The van der Waals surface area contributed by atoms with E-state index in [1.54, 1.807) is 12.3 Å². The lowest BCUT2D eigenvalue weighted by molar-refractivity contribution is -0.0211. The molecule has 1 aromatic carbocycles. The molecule has 2 fully saturated rings. The minimum Gasteiger partial charge on any atom is -0.450 e. The number of ether oxygens (including phenoxy) is 1. The molecular formula is C22H22ClN3O3. The van der Waals surface area contributed by atoms with Gasteiger partial charge in [-0.25, -0.2) is 9.78 Å². The lowest BCUT2D eigenvalue weighted by atomic mass is 9.84. The number of amides is 1. The number of hydrogen-bond donors (Lipinski definition) is 0. The summed E-state index contributed by atoms with van der Waals surface area (Å²) < 4.78 is 5.81. The lowest BCUT2D eigenvalue weighted by Gasteiger charge is -2.39. The molecule has 5 rings (SSSR count). The molecule has 3 aliphatic rings. The summed E-state index contributed by atoms with van der Waals surface area (Å²) in [5.74, 6) is 0.433. The van der Waals surface area contributed by atoms with Gasteiger partial charge in [0.2, 0.25) is 0 Å². The summed E-state index contributed by atoms with van der Waals surface area (Å²) in [7, 11) is 0. The van der Waals surface area contributed by atoms with Crippen molar-refractivity contribution in [3.05, 3.63) is 58.2 Å². The Balaban J connectivity index is 1.33. The molecule has 0 saturated carbocycles. The standard InChI is InChI=1S/C22H22ClN3O3/c23-18-13-15(20(27)26-9-3-4-10-26)14-24-19(18)25-11-7-22(8-12-25)17-6-2-1-5-16(17)21(28)29-22/h1-2,5-6,13-14H,3-4,7-12H2. The van der Waals surface area contributed by atoms with Crippen molar-refractivity contribution in [1.82, 2.24) is 9.88 Å². The van der Waals surface area contributed by atoms with E-state index < -0.39 is 5.60 Å². The number of hydrogen-bond acceptors (Lipinski definition) is 5. The Morgan fingerprint density at radius 2 is 1.83 bits per heavy atom. The average molecular weight is 412 g/mol. The molecule has 0 N–H and O–H groups in total. The Bertz CT molecular complexity index is 979. The fourth-order valence-corrected chi connectivity index (χ4v) is 4.97. The van der Waals surface area contributed by atoms with Crippen molar-refractivity contribution in [2.45, 2.75) is 31.3 Å². The quantitative estimate of drug-likeness (QED) is 0.706. The van der Waals surface area contributed by atoms with Crippen LogP contribution in [0.2, 0.25) is 5.02 Å². The van der Waals surface area contributed by atoms with E-state index in [1.807, 2.05) is 29.2 Å². The van der Waals surface area contributed by atoms with Crippen LogP contribution in [0.1, 0.15) is 52.0 Å². The lowest BCUT2D eigenvalue weighted by Crippen LogP contribution is -2.43. The molecule has 6 nitrogen and oxygen atoms in total. The second kappa shape index (κ2) is 7.02. The highest BCUT2D eigenvalue weighted by Gasteiger charge is 2.47. The van der Waals surface area contributed by atoms with Crippen LogP contribution in [0.3, 0.4) is 0 Å². The summed E-state index contributed by atoms with van der Waals surface area (Å²) in [4.78, 5) is 33.3. The van der Waals surface area contributed by atoms with E-state index in [1.165, 1.54) is 0 Å². The van der Waals surface area contributed by atoms with Gasteiger partial charge in [-0.15, -0.1) is 0 Å². The van der Waals surface area contributed by atoms with Gasteiger partial charge >= 0.3 is 5.97 Å². The third-order valence-corrected chi connectivity index (χ3v) is 6.54. The predicted octanol–water partition coefficient (Wildman–Crippen LogP) is 3.64. The van der Waals surface area contributed by atoms with Gasteiger partial charge in [-0.1, -0.05) is 29.8 Å². The van der Waals surface area contributed by atoms with Crippen molar-refractivity contribution in [3.63, 3.8) is 0 Å². The van der Waals surface area contributed by atoms with Gasteiger partial charge in [-0.2, -0.15) is 0 Å². The van der Waals surface area contributed by atoms with Crippen LogP contribution >= 0.6 is 11.6 Å². The SMILES string of the molecule is O=C1OC2(CCN(c3ncc(C(=O)N4CCCC4)cc3Cl)CC2)c2ccccc21. The third-order valence-electron chi connectivity index (χ3n) is 6.26. The molecule has 0 aliphatic carbocycles. The van der Waals surface area contributed by atoms with Crippen LogP contribution in [0, 0.1) is 0 Å². The van der Waals surface area contributed by atoms with E-state index in [9.17, 15) is 9.59 Å². The summed E-state index contributed by atoms with van der Waals surface area (Å²) in [5.41, 5.74) is 1.63. The summed E-state index contributed by atoms with van der Waals surface area (Å²) in [5, 5.41) is 0.481. The number of piperidine rings is 1. The molecule has 1 amide bonds. The van der Waals surface area contributed by atoms with E-state index in [4.69, 9.17) is 16.3 Å². The molecule has 2 aromatic rings. The molecule has 0 atom stereocenters. The van der Waals surface area contributed by atoms with Crippen LogP contribution in [0.4, 0.5) is 5.82 Å². The highest BCUT2D eigenvalue weighted by Crippen LogP contribution is 2.44. The Labute approximate surface area is 174 Å². The number of benzene rings is 1. The molecule has 1 spiro atoms. The maximum absolute atomic E-state index is 12.6. The van der Waals surface area contributed by atoms with Crippen LogP contribution in [0.25, 0.3) is 0 Å². The molecule has 29 heavy (non-hydrogen) atoms. The normalized spacial score (nSPS) is 20.1. The van der Waals surface area contributed by atoms with Gasteiger partial charge in [0.25, 0.3) is 5.91 Å². The van der Waals surface area contributed by atoms with Gasteiger partial charge in [0.05, 0.1) is 16.1 Å². The van der Waals surface area contributed by atoms with Crippen LogP contribution in [-0.2, 0) is 10.3 Å². The maximum Gasteiger partial charge on any atom is 0.339 e. The molecule has 0 bridgehead atoms. The molecule has 3 aliphatic heterocycles. The van der Waals surface area contributed by atoms with Crippen LogP contribution in [-0.4, -0.2) is 47.9 Å². The molecule has 150 valence electrons. The van der Waals surface area contributed by atoms with Crippen molar-refractivity contribution < 1.29 is 14.3 Å². The fourth-order valence-electron chi connectivity index (χ4n) is 4.68. The second-order valence-corrected chi connectivity index (χ2v) is 8.35. The van der Waals surface area contributed by atoms with Crippen molar-refractivity contribution >= 4 is 29.3 Å². The Hall–Kier alpha value is -2.60. The first-order valence-electron chi connectivity index (χ1n) is 10.1. The predicted molar refractivity (Wildman–Crippen MR) is 109 cm³/mol. The molecule has 2 saturated heterocycles. The van der Waals surface area contributed by atoms with E-state index in [2.05, 4.69) is 9.88 Å². The van der Waals surface area contributed by atoms with Gasteiger partial charge in [0.15, 0.2) is 0 Å². The topological polar surface area (TPSA) is 62.7 Å². The Morgan fingerprint density at radius 1 is 1.10 bits per heavy atom. The minimum absolute atomic E-state index is 0.00415. The number of anilines is 1. The van der Waals surface area contributed by atoms with Gasteiger partial charge in [0, 0.05) is 50.8 Å². The fraction of sp³-hybridized carbons (Fsp3) is 0.409. The monoisotopic (exact) mass is 411 g/mol. The number of carbonyl (C=O) groups is 2. The number of halogens is 1. The Morgan fingerprint density at radius 3 is 2.55 bits per heavy atom. The van der Waals surface area contributed by atoms with Gasteiger partial charge in [0.1, 0.15) is 11.4 Å². The number of esters is 1. The van der Waals surface area contributed by atoms with Crippen LogP contribution in [0.15, 0.2) is 36.5 Å². The summed E-state index contributed by atoms with van der Waals surface area (Å²) in [6, 6.07) is 9.35. The largest absolute Gasteiger partial charge is 0.450 e. The highest BCUT2D eigenvalue weighted by molar-refractivity contribution is 6.33. The average Bonchev–Trinajstić information content (AvgIpc) is 3.37. The molecule has 0 radical (unpaired) electrons. The molecule has 0 unspecified atom stereocenters. The molecular weight excluding hydrogens is 390 g/mol. The maximum atomic E-state index is 12.6. The second-order valence-electron chi connectivity index (χ2n) is 7.95. The van der Waals surface area contributed by atoms with Crippen molar-refractivity contribution in [2.24, 2.45) is 0 Å². The van der Waals surface area contributed by atoms with E-state index in [0.717, 1.165) is 31.5 Å². The van der Waals surface area contributed by atoms with Gasteiger partial charge < -0.3 is 14.5 Å². The number of carbonyl (C=O) groups excluding carboxylic acids is 2. The zero-order valence-electron chi connectivity index (χ0n) is 16.1. The molecule has 4 heterocycles. The van der Waals surface area contributed by atoms with Crippen LogP contribution < -0.4 is 4.90 Å². The van der Waals surface area contributed by atoms with Crippen molar-refractivity contribution in [3.8, 4) is 0 Å². The highest BCUT2D eigenvalue weighted by atomic mass is 35.5. The minimum atomic E-state index is -0.553. The summed E-state index contributed by atoms with van der Waals surface area (Å²) in [6.45, 7) is 2.95.